The number of hydrogen-bond acceptors (Lipinski definition) is 3. The summed E-state index contributed by atoms with van der Waals surface area (Å²) in [6.07, 6.45) is 0. The van der Waals surface area contributed by atoms with E-state index < -0.39 is 0 Å². The second-order valence-corrected chi connectivity index (χ2v) is 5.44. The van der Waals surface area contributed by atoms with E-state index in [1.54, 1.807) is 32.2 Å². The second-order valence-electron chi connectivity index (χ2n) is 4.11. The average Bonchev–Trinajstić information content (AvgIpc) is 2.41. The number of ether oxygens (including phenoxy) is 1. The van der Waals surface area contributed by atoms with Gasteiger partial charge in [-0.15, -0.1) is 0 Å². The highest BCUT2D eigenvalue weighted by Gasteiger charge is 2.10. The summed E-state index contributed by atoms with van der Waals surface area (Å²) in [5, 5.41) is 11.6. The molecule has 4 heteroatoms. The maximum atomic E-state index is 11.6. The molecular formula is C15H15O3P. The summed E-state index contributed by atoms with van der Waals surface area (Å²) in [6.45, 7) is 1.55. The summed E-state index contributed by atoms with van der Waals surface area (Å²) >= 11 is 0. The molecule has 0 bridgehead atoms. The lowest BCUT2D eigenvalue weighted by Crippen LogP contribution is -2.12. The Morgan fingerprint density at radius 3 is 2.58 bits per heavy atom. The molecule has 0 radical (unpaired) electrons. The third-order valence-electron chi connectivity index (χ3n) is 2.78. The number of ketones is 1. The van der Waals surface area contributed by atoms with Crippen LogP contribution in [-0.2, 0) is 0 Å². The molecule has 0 fully saturated rings. The predicted octanol–water partition coefficient (Wildman–Crippen LogP) is 2.23. The van der Waals surface area contributed by atoms with Crippen molar-refractivity contribution >= 4 is 25.0 Å². The van der Waals surface area contributed by atoms with E-state index in [0.717, 1.165) is 10.6 Å². The van der Waals surface area contributed by atoms with E-state index in [9.17, 15) is 9.90 Å². The zero-order valence-corrected chi connectivity index (χ0v) is 11.8. The standard InChI is InChI=1S/C15H15O3P/c1-10(16)12-5-3-4-6-14(12)19-15-9-11(18-2)7-8-13(15)17/h3-9,17,19H,1-2H3. The number of hydrogen-bond donors (Lipinski definition) is 1. The molecule has 0 aliphatic rings. The van der Waals surface area contributed by atoms with Crippen molar-refractivity contribution in [2.75, 3.05) is 7.11 Å². The Kier molecular flexibility index (Phi) is 4.18. The Morgan fingerprint density at radius 1 is 1.16 bits per heavy atom. The topological polar surface area (TPSA) is 46.5 Å². The van der Waals surface area contributed by atoms with Gasteiger partial charge in [0.1, 0.15) is 11.5 Å². The van der Waals surface area contributed by atoms with Crippen LogP contribution in [0, 0.1) is 0 Å². The minimum absolute atomic E-state index is 0.0329. The van der Waals surface area contributed by atoms with Crippen LogP contribution < -0.4 is 15.3 Å². The molecule has 19 heavy (non-hydrogen) atoms. The van der Waals surface area contributed by atoms with Crippen LogP contribution in [0.3, 0.4) is 0 Å². The normalized spacial score (nSPS) is 10.8. The molecule has 1 unspecified atom stereocenters. The number of benzene rings is 2. The van der Waals surface area contributed by atoms with Gasteiger partial charge in [-0.2, -0.15) is 0 Å². The second kappa shape index (κ2) is 5.85. The molecule has 98 valence electrons. The Bertz CT molecular complexity index is 608. The molecule has 2 aromatic rings. The van der Waals surface area contributed by atoms with Crippen molar-refractivity contribution in [3.8, 4) is 11.5 Å². The minimum Gasteiger partial charge on any atom is -0.507 e. The number of carbonyl (C=O) groups excluding carboxylic acids is 1. The Balaban J connectivity index is 2.38. The third-order valence-corrected chi connectivity index (χ3v) is 4.15. The largest absolute Gasteiger partial charge is 0.507 e. The molecule has 0 spiro atoms. The fourth-order valence-corrected chi connectivity index (χ4v) is 3.08. The Morgan fingerprint density at radius 2 is 1.89 bits per heavy atom. The number of aromatic hydroxyl groups is 1. The van der Waals surface area contributed by atoms with Crippen LogP contribution in [0.25, 0.3) is 0 Å². The molecule has 0 saturated carbocycles. The molecule has 2 aromatic carbocycles. The van der Waals surface area contributed by atoms with Gasteiger partial charge < -0.3 is 9.84 Å². The summed E-state index contributed by atoms with van der Waals surface area (Å²) in [5.41, 5.74) is 0.697. The van der Waals surface area contributed by atoms with Crippen LogP contribution in [-0.4, -0.2) is 18.0 Å². The summed E-state index contributed by atoms with van der Waals surface area (Å²) < 4.78 is 5.15. The van der Waals surface area contributed by atoms with Crippen molar-refractivity contribution in [3.63, 3.8) is 0 Å². The summed E-state index contributed by atoms with van der Waals surface area (Å²) in [4.78, 5) is 11.6. The zero-order chi connectivity index (χ0) is 13.8. The van der Waals surface area contributed by atoms with Crippen LogP contribution in [0.5, 0.6) is 11.5 Å². The van der Waals surface area contributed by atoms with Crippen LogP contribution in [0.4, 0.5) is 0 Å². The highest BCUT2D eigenvalue weighted by Crippen LogP contribution is 2.23. The number of methoxy groups -OCH3 is 1. The van der Waals surface area contributed by atoms with E-state index in [4.69, 9.17) is 4.74 Å². The first-order valence-electron chi connectivity index (χ1n) is 5.86. The Hall–Kier alpha value is -1.86. The van der Waals surface area contributed by atoms with Crippen molar-refractivity contribution in [2.45, 2.75) is 6.92 Å². The van der Waals surface area contributed by atoms with Crippen LogP contribution in [0.2, 0.25) is 0 Å². The predicted molar refractivity (Wildman–Crippen MR) is 78.7 cm³/mol. The smallest absolute Gasteiger partial charge is 0.160 e. The van der Waals surface area contributed by atoms with Gasteiger partial charge in [-0.3, -0.25) is 4.79 Å². The van der Waals surface area contributed by atoms with Gasteiger partial charge in [0.05, 0.1) is 7.11 Å². The number of carbonyl (C=O) groups is 1. The lowest BCUT2D eigenvalue weighted by atomic mass is 10.1. The third kappa shape index (κ3) is 3.12. The van der Waals surface area contributed by atoms with Gasteiger partial charge in [0.2, 0.25) is 0 Å². The molecule has 1 atom stereocenters. The summed E-state index contributed by atoms with van der Waals surface area (Å²) in [5.74, 6) is 0.948. The first-order chi connectivity index (χ1) is 9.11. The highest BCUT2D eigenvalue weighted by molar-refractivity contribution is 7.56. The van der Waals surface area contributed by atoms with Gasteiger partial charge in [0.15, 0.2) is 5.78 Å². The van der Waals surface area contributed by atoms with Gasteiger partial charge in [0.25, 0.3) is 0 Å². The van der Waals surface area contributed by atoms with Gasteiger partial charge in [-0.1, -0.05) is 32.8 Å². The van der Waals surface area contributed by atoms with Crippen LogP contribution in [0.1, 0.15) is 17.3 Å². The van der Waals surface area contributed by atoms with Crippen LogP contribution in [0.15, 0.2) is 42.5 Å². The molecule has 0 saturated heterocycles. The maximum Gasteiger partial charge on any atom is 0.160 e. The van der Waals surface area contributed by atoms with Gasteiger partial charge in [0, 0.05) is 10.9 Å². The monoisotopic (exact) mass is 274 g/mol. The fraction of sp³-hybridized carbons (Fsp3) is 0.133. The molecule has 0 amide bonds. The summed E-state index contributed by atoms with van der Waals surface area (Å²) in [6, 6.07) is 12.6. The first kappa shape index (κ1) is 13.6. The molecule has 0 aliphatic carbocycles. The van der Waals surface area contributed by atoms with Crippen molar-refractivity contribution in [3.05, 3.63) is 48.0 Å². The van der Waals surface area contributed by atoms with E-state index in [1.807, 2.05) is 24.3 Å². The summed E-state index contributed by atoms with van der Waals surface area (Å²) in [7, 11) is 1.80. The maximum absolute atomic E-state index is 11.6. The minimum atomic E-state index is 0.0329. The van der Waals surface area contributed by atoms with E-state index in [0.29, 0.717) is 11.3 Å². The Labute approximate surface area is 114 Å². The van der Waals surface area contributed by atoms with Gasteiger partial charge in [-0.05, 0) is 30.4 Å². The van der Waals surface area contributed by atoms with E-state index in [-0.39, 0.29) is 20.1 Å². The lowest BCUT2D eigenvalue weighted by molar-refractivity contribution is 0.101. The van der Waals surface area contributed by atoms with Gasteiger partial charge >= 0.3 is 0 Å². The number of phenolic OH excluding ortho intramolecular Hbond substituents is 1. The molecule has 0 aromatic heterocycles. The first-order valence-corrected chi connectivity index (χ1v) is 6.86. The van der Waals surface area contributed by atoms with Crippen molar-refractivity contribution in [1.29, 1.82) is 0 Å². The average molecular weight is 274 g/mol. The number of phenols is 1. The zero-order valence-electron chi connectivity index (χ0n) is 10.8. The fourth-order valence-electron chi connectivity index (χ4n) is 1.79. The molecule has 1 N–H and O–H groups in total. The SMILES string of the molecule is COc1ccc(O)c(Pc2ccccc2C(C)=O)c1. The highest BCUT2D eigenvalue weighted by atomic mass is 31.1. The van der Waals surface area contributed by atoms with Gasteiger partial charge in [-0.25, -0.2) is 0 Å². The number of rotatable bonds is 4. The van der Waals surface area contributed by atoms with E-state index in [1.165, 1.54) is 0 Å². The molecule has 2 rings (SSSR count). The van der Waals surface area contributed by atoms with Crippen molar-refractivity contribution < 1.29 is 14.6 Å². The van der Waals surface area contributed by atoms with Crippen molar-refractivity contribution in [2.24, 2.45) is 0 Å². The molecule has 3 nitrogen and oxygen atoms in total. The number of Topliss-reactive ketones (excluding diaryl/α,β-unsaturated/α-hetero) is 1. The molecule has 0 heterocycles. The molecule has 0 aliphatic heterocycles. The quantitative estimate of drug-likeness (QED) is 0.687. The van der Waals surface area contributed by atoms with E-state index in [2.05, 4.69) is 0 Å². The lowest BCUT2D eigenvalue weighted by Gasteiger charge is -2.10. The van der Waals surface area contributed by atoms with Crippen molar-refractivity contribution in [1.82, 2.24) is 0 Å². The van der Waals surface area contributed by atoms with E-state index >= 15 is 0 Å². The van der Waals surface area contributed by atoms with Crippen LogP contribution >= 0.6 is 8.58 Å². The molecular weight excluding hydrogens is 259 g/mol.